The highest BCUT2D eigenvalue weighted by molar-refractivity contribution is 9.10. The Bertz CT molecular complexity index is 599. The zero-order valence-corrected chi connectivity index (χ0v) is 13.6. The highest BCUT2D eigenvalue weighted by atomic mass is 79.9. The number of hydrogen-bond acceptors (Lipinski definition) is 3. The molecule has 1 aromatic heterocycles. The number of aromatic amines is 1. The molecule has 2 atom stereocenters. The van der Waals surface area contributed by atoms with Crippen LogP contribution in [0.4, 0.5) is 0 Å². The smallest absolute Gasteiger partial charge is 0.261 e. The molecular weight excluding hydrogens is 322 g/mol. The minimum atomic E-state index is -0.343. The summed E-state index contributed by atoms with van der Waals surface area (Å²) in [6.45, 7) is 7.72. The van der Waals surface area contributed by atoms with Crippen LogP contribution < -0.4 is 11.3 Å². The first-order chi connectivity index (χ1) is 9.28. The van der Waals surface area contributed by atoms with E-state index in [1.165, 1.54) is 0 Å². The average Bonchev–Trinajstić information content (AvgIpc) is 2.70. The van der Waals surface area contributed by atoms with Crippen LogP contribution in [-0.2, 0) is 0 Å². The number of amides is 1. The van der Waals surface area contributed by atoms with Crippen molar-refractivity contribution in [2.24, 2.45) is 17.1 Å². The first kappa shape index (κ1) is 15.3. The van der Waals surface area contributed by atoms with Gasteiger partial charge in [0.15, 0.2) is 0 Å². The van der Waals surface area contributed by atoms with Gasteiger partial charge in [-0.15, -0.1) is 0 Å². The molecule has 0 saturated carbocycles. The van der Waals surface area contributed by atoms with Gasteiger partial charge in [-0.1, -0.05) is 13.8 Å². The van der Waals surface area contributed by atoms with Crippen LogP contribution in [0.2, 0.25) is 0 Å². The third kappa shape index (κ3) is 2.54. The molecule has 110 valence electrons. The number of pyridine rings is 1. The molecule has 1 aromatic rings. The van der Waals surface area contributed by atoms with Gasteiger partial charge in [-0.2, -0.15) is 0 Å². The van der Waals surface area contributed by atoms with E-state index in [-0.39, 0.29) is 22.4 Å². The van der Waals surface area contributed by atoms with E-state index in [0.717, 1.165) is 4.47 Å². The number of carbonyl (C=O) groups excluding carboxylic acids is 1. The molecule has 1 amide bonds. The van der Waals surface area contributed by atoms with E-state index in [1.54, 1.807) is 17.9 Å². The minimum Gasteiger partial charge on any atom is -0.338 e. The van der Waals surface area contributed by atoms with Gasteiger partial charge < -0.3 is 15.6 Å². The summed E-state index contributed by atoms with van der Waals surface area (Å²) in [5, 5.41) is 0. The van der Waals surface area contributed by atoms with Crippen LogP contribution in [0.15, 0.2) is 15.3 Å². The molecule has 0 bridgehead atoms. The van der Waals surface area contributed by atoms with Crippen LogP contribution >= 0.6 is 15.9 Å². The Morgan fingerprint density at radius 2 is 2.30 bits per heavy atom. The Morgan fingerprint density at radius 1 is 1.65 bits per heavy atom. The second-order valence-electron chi connectivity index (χ2n) is 5.93. The van der Waals surface area contributed by atoms with E-state index in [0.29, 0.717) is 31.2 Å². The van der Waals surface area contributed by atoms with E-state index >= 15 is 0 Å². The van der Waals surface area contributed by atoms with E-state index in [4.69, 9.17) is 5.73 Å². The molecule has 0 unspecified atom stereocenters. The topological polar surface area (TPSA) is 79.2 Å². The van der Waals surface area contributed by atoms with Crippen molar-refractivity contribution in [3.63, 3.8) is 0 Å². The molecule has 1 fully saturated rings. The van der Waals surface area contributed by atoms with Gasteiger partial charge in [0.05, 0.1) is 0 Å². The fourth-order valence-electron chi connectivity index (χ4n) is 2.55. The van der Waals surface area contributed by atoms with Crippen molar-refractivity contribution < 1.29 is 4.79 Å². The maximum absolute atomic E-state index is 12.5. The summed E-state index contributed by atoms with van der Waals surface area (Å²) in [4.78, 5) is 28.9. The second-order valence-corrected chi connectivity index (χ2v) is 6.78. The molecule has 5 nitrogen and oxygen atoms in total. The van der Waals surface area contributed by atoms with Gasteiger partial charge in [0.1, 0.15) is 5.56 Å². The molecule has 0 aliphatic carbocycles. The molecule has 1 saturated heterocycles. The fourth-order valence-corrected chi connectivity index (χ4v) is 2.88. The number of likely N-dealkylation sites (tertiary alicyclic amines) is 1. The summed E-state index contributed by atoms with van der Waals surface area (Å²) in [5.74, 6) is 0.0976. The second kappa shape index (κ2) is 5.33. The Labute approximate surface area is 126 Å². The summed E-state index contributed by atoms with van der Waals surface area (Å²) in [6.07, 6.45) is 0. The van der Waals surface area contributed by atoms with Crippen molar-refractivity contribution in [2.75, 3.05) is 19.6 Å². The molecule has 0 aromatic carbocycles. The molecule has 0 spiro atoms. The predicted molar refractivity (Wildman–Crippen MR) is 81.7 cm³/mol. The number of nitrogens with zero attached hydrogens (tertiary/aromatic N) is 1. The zero-order valence-electron chi connectivity index (χ0n) is 12.0. The lowest BCUT2D eigenvalue weighted by molar-refractivity contribution is 0.0774. The average molecular weight is 342 g/mol. The third-order valence-corrected chi connectivity index (χ3v) is 5.22. The Morgan fingerprint density at radius 3 is 2.85 bits per heavy atom. The summed E-state index contributed by atoms with van der Waals surface area (Å²) in [6, 6.07) is 1.60. The molecule has 0 radical (unpaired) electrons. The highest BCUT2D eigenvalue weighted by Crippen LogP contribution is 2.34. The number of halogens is 1. The molecule has 3 N–H and O–H groups in total. The standard InChI is InChI=1S/C14H20BrN3O2/c1-8-5-18(7-14(8,3)6-16)13(20)10-4-11(15)9(2)17-12(10)19/h4,8H,5-7,16H2,1-3H3,(H,17,19)/t8-,14-/m1/s1. The first-order valence-corrected chi connectivity index (χ1v) is 7.46. The summed E-state index contributed by atoms with van der Waals surface area (Å²) in [7, 11) is 0. The Hall–Kier alpha value is -1.14. The van der Waals surface area contributed by atoms with Crippen LogP contribution in [0.3, 0.4) is 0 Å². The van der Waals surface area contributed by atoms with E-state index in [9.17, 15) is 9.59 Å². The number of hydrogen-bond donors (Lipinski definition) is 2. The monoisotopic (exact) mass is 341 g/mol. The van der Waals surface area contributed by atoms with Crippen molar-refractivity contribution in [1.29, 1.82) is 0 Å². The van der Waals surface area contributed by atoms with Crippen molar-refractivity contribution in [2.45, 2.75) is 20.8 Å². The number of rotatable bonds is 2. The molecular formula is C14H20BrN3O2. The Balaban J connectivity index is 2.30. The maximum atomic E-state index is 12.5. The SMILES string of the molecule is Cc1[nH]c(=O)c(C(=O)N2C[C@@H](C)[C@](C)(CN)C2)cc1Br. The number of aryl methyl sites for hydroxylation is 1. The lowest BCUT2D eigenvalue weighted by Gasteiger charge is -2.25. The van der Waals surface area contributed by atoms with Gasteiger partial charge >= 0.3 is 0 Å². The lowest BCUT2D eigenvalue weighted by Crippen LogP contribution is -2.37. The van der Waals surface area contributed by atoms with Crippen LogP contribution in [0.25, 0.3) is 0 Å². The largest absolute Gasteiger partial charge is 0.338 e. The predicted octanol–water partition coefficient (Wildman–Crippen LogP) is 1.50. The van der Waals surface area contributed by atoms with Crippen LogP contribution in [-0.4, -0.2) is 35.4 Å². The van der Waals surface area contributed by atoms with Crippen LogP contribution in [0, 0.1) is 18.3 Å². The van der Waals surface area contributed by atoms with Crippen LogP contribution in [0.1, 0.15) is 29.9 Å². The minimum absolute atomic E-state index is 0.0790. The number of nitrogens with two attached hydrogens (primary N) is 1. The number of carbonyl (C=O) groups is 1. The van der Waals surface area contributed by atoms with E-state index in [2.05, 4.69) is 34.8 Å². The van der Waals surface area contributed by atoms with Crippen molar-refractivity contribution in [3.05, 3.63) is 32.2 Å². The molecule has 6 heteroatoms. The van der Waals surface area contributed by atoms with Gasteiger partial charge in [-0.3, -0.25) is 9.59 Å². The molecule has 1 aliphatic heterocycles. The Kier molecular flexibility index (Phi) is 4.07. The van der Waals surface area contributed by atoms with Gasteiger partial charge in [-0.25, -0.2) is 0 Å². The molecule has 1 aliphatic rings. The summed E-state index contributed by atoms with van der Waals surface area (Å²) < 4.78 is 0.731. The molecule has 2 rings (SSSR count). The fraction of sp³-hybridized carbons (Fsp3) is 0.571. The van der Waals surface area contributed by atoms with Crippen molar-refractivity contribution >= 4 is 21.8 Å². The maximum Gasteiger partial charge on any atom is 0.261 e. The summed E-state index contributed by atoms with van der Waals surface area (Å²) >= 11 is 3.34. The van der Waals surface area contributed by atoms with Crippen molar-refractivity contribution in [3.8, 4) is 0 Å². The quantitative estimate of drug-likeness (QED) is 0.855. The van der Waals surface area contributed by atoms with E-state index in [1.807, 2.05) is 0 Å². The van der Waals surface area contributed by atoms with Gasteiger partial charge in [0, 0.05) is 28.7 Å². The molecule has 2 heterocycles. The lowest BCUT2D eigenvalue weighted by atomic mass is 9.81. The van der Waals surface area contributed by atoms with Gasteiger partial charge in [0.25, 0.3) is 11.5 Å². The van der Waals surface area contributed by atoms with Crippen molar-refractivity contribution in [1.82, 2.24) is 9.88 Å². The first-order valence-electron chi connectivity index (χ1n) is 6.67. The summed E-state index contributed by atoms with van der Waals surface area (Å²) in [5.41, 5.74) is 6.29. The number of H-pyrrole nitrogens is 1. The highest BCUT2D eigenvalue weighted by Gasteiger charge is 2.41. The normalized spacial score (nSPS) is 26.1. The zero-order chi connectivity index (χ0) is 15.1. The third-order valence-electron chi connectivity index (χ3n) is 4.39. The van der Waals surface area contributed by atoms with Gasteiger partial charge in [-0.05, 0) is 41.4 Å². The van der Waals surface area contributed by atoms with Gasteiger partial charge in [0.2, 0.25) is 0 Å². The number of aromatic nitrogens is 1. The van der Waals surface area contributed by atoms with E-state index < -0.39 is 0 Å². The molecule has 20 heavy (non-hydrogen) atoms. The van der Waals surface area contributed by atoms with Crippen LogP contribution in [0.5, 0.6) is 0 Å². The number of nitrogens with one attached hydrogen (secondary N) is 1.